The highest BCUT2D eigenvalue weighted by molar-refractivity contribution is 8.15. The van der Waals surface area contributed by atoms with Crippen molar-refractivity contribution in [3.05, 3.63) is 42.5 Å². The van der Waals surface area contributed by atoms with E-state index in [0.717, 1.165) is 33.1 Å². The maximum Gasteiger partial charge on any atom is 0.305 e. The number of fused-ring (bicyclic) bond motifs is 1. The fourth-order valence-electron chi connectivity index (χ4n) is 2.44. The number of rotatable bonds is 5. The van der Waals surface area contributed by atoms with Crippen LogP contribution in [0.15, 0.2) is 42.5 Å². The third-order valence-corrected chi connectivity index (χ3v) is 4.53. The van der Waals surface area contributed by atoms with Crippen LogP contribution in [0, 0.1) is 0 Å². The van der Waals surface area contributed by atoms with Crippen LogP contribution in [0.1, 0.15) is 6.42 Å². The van der Waals surface area contributed by atoms with Gasteiger partial charge in [-0.3, -0.25) is 19.3 Å². The fraction of sp³-hybridized carbons (Fsp3) is 0.188. The fourth-order valence-corrected chi connectivity index (χ4v) is 3.36. The summed E-state index contributed by atoms with van der Waals surface area (Å²) in [5.74, 6) is -1.45. The van der Waals surface area contributed by atoms with Crippen molar-refractivity contribution < 1.29 is 19.5 Å². The largest absolute Gasteiger partial charge is 0.481 e. The number of carboxylic acids is 1. The van der Waals surface area contributed by atoms with Gasteiger partial charge in [-0.05, 0) is 23.2 Å². The van der Waals surface area contributed by atoms with Crippen LogP contribution >= 0.6 is 11.8 Å². The van der Waals surface area contributed by atoms with Gasteiger partial charge in [-0.15, -0.1) is 0 Å². The first-order chi connectivity index (χ1) is 11.1. The lowest BCUT2D eigenvalue weighted by Gasteiger charge is -2.15. The van der Waals surface area contributed by atoms with E-state index in [4.69, 9.17) is 5.11 Å². The zero-order valence-electron chi connectivity index (χ0n) is 12.1. The second kappa shape index (κ2) is 6.29. The number of hydrogen-bond acceptors (Lipinski definition) is 5. The molecule has 0 unspecified atom stereocenters. The standard InChI is InChI=1S/C16H14N2O4S/c19-13(20)8-9-18-15(21)14(23-16(18)22)17-12-7-3-5-10-4-1-2-6-11(10)12/h1-7,14,17H,8-9H2,(H,19,20)/t14-/m0/s1. The summed E-state index contributed by atoms with van der Waals surface area (Å²) < 4.78 is 0. The average molecular weight is 330 g/mol. The Morgan fingerprint density at radius 1 is 1.17 bits per heavy atom. The molecule has 1 atom stereocenters. The third kappa shape index (κ3) is 3.14. The number of carbonyl (C=O) groups is 3. The molecule has 1 fully saturated rings. The number of nitrogens with one attached hydrogen (secondary N) is 1. The van der Waals surface area contributed by atoms with Crippen LogP contribution in [0.5, 0.6) is 0 Å². The maximum absolute atomic E-state index is 12.3. The molecule has 6 nitrogen and oxygen atoms in total. The molecule has 23 heavy (non-hydrogen) atoms. The summed E-state index contributed by atoms with van der Waals surface area (Å²) >= 11 is 0.870. The monoisotopic (exact) mass is 330 g/mol. The predicted octanol–water partition coefficient (Wildman–Crippen LogP) is 2.75. The van der Waals surface area contributed by atoms with Crippen LogP contribution in [0.25, 0.3) is 10.8 Å². The Bertz CT molecular complexity index is 787. The van der Waals surface area contributed by atoms with E-state index < -0.39 is 22.5 Å². The summed E-state index contributed by atoms with van der Waals surface area (Å²) in [5.41, 5.74) is 0.766. The Morgan fingerprint density at radius 3 is 2.70 bits per heavy atom. The first-order valence-electron chi connectivity index (χ1n) is 7.04. The number of aliphatic carboxylic acids is 1. The molecule has 118 valence electrons. The van der Waals surface area contributed by atoms with Crippen LogP contribution < -0.4 is 5.32 Å². The van der Waals surface area contributed by atoms with Gasteiger partial charge in [0.05, 0.1) is 6.42 Å². The second-order valence-electron chi connectivity index (χ2n) is 5.07. The van der Waals surface area contributed by atoms with Crippen molar-refractivity contribution >= 4 is 45.3 Å². The molecule has 0 aromatic heterocycles. The first-order valence-corrected chi connectivity index (χ1v) is 7.92. The molecule has 2 aromatic carbocycles. The van der Waals surface area contributed by atoms with Crippen molar-refractivity contribution in [2.24, 2.45) is 0 Å². The molecule has 0 aliphatic carbocycles. The summed E-state index contributed by atoms with van der Waals surface area (Å²) in [6.45, 7) is -0.103. The number of carbonyl (C=O) groups excluding carboxylic acids is 2. The maximum atomic E-state index is 12.3. The molecule has 2 aromatic rings. The van der Waals surface area contributed by atoms with Crippen LogP contribution in [-0.2, 0) is 9.59 Å². The minimum absolute atomic E-state index is 0.103. The third-order valence-electron chi connectivity index (χ3n) is 3.55. The zero-order valence-corrected chi connectivity index (χ0v) is 12.9. The van der Waals surface area contributed by atoms with Crippen molar-refractivity contribution in [2.45, 2.75) is 11.8 Å². The highest BCUT2D eigenvalue weighted by Gasteiger charge is 2.39. The van der Waals surface area contributed by atoms with Gasteiger partial charge in [0.15, 0.2) is 5.37 Å². The van der Waals surface area contributed by atoms with Gasteiger partial charge in [0, 0.05) is 17.6 Å². The number of thioether (sulfide) groups is 1. The number of imide groups is 1. The molecule has 7 heteroatoms. The van der Waals surface area contributed by atoms with Gasteiger partial charge in [0.25, 0.3) is 11.1 Å². The van der Waals surface area contributed by atoms with E-state index in [-0.39, 0.29) is 13.0 Å². The number of carboxylic acid groups (broad SMARTS) is 1. The van der Waals surface area contributed by atoms with E-state index in [1.807, 2.05) is 42.5 Å². The molecule has 1 aliphatic heterocycles. The smallest absolute Gasteiger partial charge is 0.305 e. The minimum atomic E-state index is -1.04. The Kier molecular flexibility index (Phi) is 4.20. The van der Waals surface area contributed by atoms with E-state index in [2.05, 4.69) is 5.32 Å². The summed E-state index contributed by atoms with van der Waals surface area (Å²) in [5, 5.41) is 12.6. The number of benzene rings is 2. The molecule has 0 spiro atoms. The van der Waals surface area contributed by atoms with Crippen molar-refractivity contribution in [3.63, 3.8) is 0 Å². The lowest BCUT2D eigenvalue weighted by molar-refractivity contribution is -0.137. The highest BCUT2D eigenvalue weighted by Crippen LogP contribution is 2.31. The number of anilines is 1. The average Bonchev–Trinajstić information content (AvgIpc) is 2.79. The molecule has 0 radical (unpaired) electrons. The van der Waals surface area contributed by atoms with E-state index >= 15 is 0 Å². The van der Waals surface area contributed by atoms with Crippen molar-refractivity contribution in [2.75, 3.05) is 11.9 Å². The minimum Gasteiger partial charge on any atom is -0.481 e. The molecular formula is C16H14N2O4S. The Hall–Kier alpha value is -2.54. The van der Waals surface area contributed by atoms with Gasteiger partial charge in [0.1, 0.15) is 0 Å². The van der Waals surface area contributed by atoms with Gasteiger partial charge in [0.2, 0.25) is 0 Å². The van der Waals surface area contributed by atoms with E-state index in [9.17, 15) is 14.4 Å². The van der Waals surface area contributed by atoms with Crippen LogP contribution in [0.2, 0.25) is 0 Å². The number of nitrogens with zero attached hydrogens (tertiary/aromatic N) is 1. The molecule has 1 saturated heterocycles. The van der Waals surface area contributed by atoms with Crippen LogP contribution in [-0.4, -0.2) is 39.0 Å². The lowest BCUT2D eigenvalue weighted by Crippen LogP contribution is -2.35. The second-order valence-corrected chi connectivity index (χ2v) is 6.12. The summed E-state index contributed by atoms with van der Waals surface area (Å²) in [4.78, 5) is 35.8. The van der Waals surface area contributed by atoms with Gasteiger partial charge in [-0.25, -0.2) is 0 Å². The first kappa shape index (κ1) is 15.4. The van der Waals surface area contributed by atoms with Crippen molar-refractivity contribution in [3.8, 4) is 0 Å². The van der Waals surface area contributed by atoms with Crippen molar-refractivity contribution in [1.82, 2.24) is 4.90 Å². The van der Waals surface area contributed by atoms with E-state index in [0.29, 0.717) is 0 Å². The number of amides is 2. The Balaban J connectivity index is 1.79. The van der Waals surface area contributed by atoms with E-state index in [1.165, 1.54) is 0 Å². The normalized spacial score (nSPS) is 17.7. The molecular weight excluding hydrogens is 316 g/mol. The van der Waals surface area contributed by atoms with Crippen LogP contribution in [0.3, 0.4) is 0 Å². The molecule has 2 amide bonds. The number of hydrogen-bond donors (Lipinski definition) is 2. The Labute approximate surface area is 136 Å². The Morgan fingerprint density at radius 2 is 1.91 bits per heavy atom. The molecule has 3 rings (SSSR count). The topological polar surface area (TPSA) is 86.7 Å². The predicted molar refractivity (Wildman–Crippen MR) is 88.3 cm³/mol. The van der Waals surface area contributed by atoms with Gasteiger partial charge in [-0.2, -0.15) is 0 Å². The summed E-state index contributed by atoms with van der Waals surface area (Å²) in [6.07, 6.45) is -0.251. The van der Waals surface area contributed by atoms with E-state index in [1.54, 1.807) is 0 Å². The SMILES string of the molecule is O=C(O)CCN1C(=O)S[C@H](Nc2cccc3ccccc23)C1=O. The zero-order chi connectivity index (χ0) is 16.4. The van der Waals surface area contributed by atoms with Gasteiger partial charge in [-0.1, -0.05) is 36.4 Å². The molecule has 2 N–H and O–H groups in total. The molecule has 0 saturated carbocycles. The van der Waals surface area contributed by atoms with Crippen LogP contribution in [0.4, 0.5) is 10.5 Å². The molecule has 0 bridgehead atoms. The lowest BCUT2D eigenvalue weighted by atomic mass is 10.1. The summed E-state index contributed by atoms with van der Waals surface area (Å²) in [7, 11) is 0. The van der Waals surface area contributed by atoms with Gasteiger partial charge >= 0.3 is 5.97 Å². The molecule has 1 heterocycles. The summed E-state index contributed by atoms with van der Waals surface area (Å²) in [6, 6.07) is 13.4. The van der Waals surface area contributed by atoms with Crippen molar-refractivity contribution in [1.29, 1.82) is 0 Å². The molecule has 1 aliphatic rings. The quantitative estimate of drug-likeness (QED) is 0.876. The highest BCUT2D eigenvalue weighted by atomic mass is 32.2. The van der Waals surface area contributed by atoms with Gasteiger partial charge < -0.3 is 10.4 Å².